The average Bonchev–Trinajstić information content (AvgIpc) is 2.53. The van der Waals surface area contributed by atoms with Gasteiger partial charge < -0.3 is 15.5 Å². The number of nitrogens with zero attached hydrogens (tertiary/aromatic N) is 4. The van der Waals surface area contributed by atoms with Crippen molar-refractivity contribution >= 4 is 11.7 Å². The molecule has 2 atom stereocenters. The number of anilines is 1. The molecule has 1 aliphatic heterocycles. The fourth-order valence-electron chi connectivity index (χ4n) is 2.71. The van der Waals surface area contributed by atoms with E-state index in [1.54, 1.807) is 6.20 Å². The number of amides is 1. The predicted octanol–water partition coefficient (Wildman–Crippen LogP) is 1.28. The Morgan fingerprint density at radius 1 is 1.50 bits per heavy atom. The summed E-state index contributed by atoms with van der Waals surface area (Å²) in [5.74, 6) is 0.881. The van der Waals surface area contributed by atoms with Crippen molar-refractivity contribution in [2.24, 2.45) is 11.1 Å². The fraction of sp³-hybridized carbons (Fsp3) is 0.688. The number of aromatic nitrogens is 2. The molecule has 2 heterocycles. The Hall–Kier alpha value is -1.69. The van der Waals surface area contributed by atoms with Crippen LogP contribution in [0.2, 0.25) is 0 Å². The van der Waals surface area contributed by atoms with Gasteiger partial charge in [0.2, 0.25) is 5.91 Å². The average molecular weight is 305 g/mol. The summed E-state index contributed by atoms with van der Waals surface area (Å²) in [5, 5.41) is 8.10. The molecule has 0 aliphatic carbocycles. The lowest BCUT2D eigenvalue weighted by molar-refractivity contribution is -0.135. The normalized spacial score (nSPS) is 20.6. The van der Waals surface area contributed by atoms with Gasteiger partial charge in [-0.15, -0.1) is 5.10 Å². The molecule has 1 unspecified atom stereocenters. The Balaban J connectivity index is 2.04. The summed E-state index contributed by atoms with van der Waals surface area (Å²) in [5.41, 5.74) is 5.89. The number of rotatable bonds is 3. The second-order valence-electron chi connectivity index (χ2n) is 7.12. The number of nitrogens with two attached hydrogens (primary N) is 1. The molecular weight excluding hydrogens is 278 g/mol. The molecule has 0 saturated carbocycles. The first-order valence-corrected chi connectivity index (χ1v) is 7.85. The van der Waals surface area contributed by atoms with Crippen LogP contribution in [-0.2, 0) is 4.79 Å². The SMILES string of the molecule is CN(C(=O)[C@@H](N)C(C)(C)C)C1CCCN(c2cccnn2)C1. The summed E-state index contributed by atoms with van der Waals surface area (Å²) < 4.78 is 0. The van der Waals surface area contributed by atoms with Gasteiger partial charge in [-0.1, -0.05) is 20.8 Å². The van der Waals surface area contributed by atoms with E-state index in [9.17, 15) is 4.79 Å². The third kappa shape index (κ3) is 3.74. The molecule has 1 amide bonds. The quantitative estimate of drug-likeness (QED) is 0.910. The molecule has 6 nitrogen and oxygen atoms in total. The molecule has 1 aromatic rings. The van der Waals surface area contributed by atoms with Crippen molar-refractivity contribution in [2.75, 3.05) is 25.0 Å². The Morgan fingerprint density at radius 2 is 2.23 bits per heavy atom. The minimum Gasteiger partial charge on any atom is -0.353 e. The largest absolute Gasteiger partial charge is 0.353 e. The highest BCUT2D eigenvalue weighted by molar-refractivity contribution is 5.82. The molecule has 0 spiro atoms. The van der Waals surface area contributed by atoms with Crippen molar-refractivity contribution in [2.45, 2.75) is 45.7 Å². The van der Waals surface area contributed by atoms with Crippen LogP contribution in [0.1, 0.15) is 33.6 Å². The molecule has 2 rings (SSSR count). The molecule has 22 heavy (non-hydrogen) atoms. The number of carbonyl (C=O) groups is 1. The number of likely N-dealkylation sites (N-methyl/N-ethyl adjacent to an activating group) is 1. The maximum atomic E-state index is 12.6. The molecule has 1 saturated heterocycles. The zero-order valence-electron chi connectivity index (χ0n) is 14.0. The molecule has 6 heteroatoms. The maximum absolute atomic E-state index is 12.6. The smallest absolute Gasteiger partial charge is 0.240 e. The van der Waals surface area contributed by atoms with Crippen molar-refractivity contribution in [3.05, 3.63) is 18.3 Å². The van der Waals surface area contributed by atoms with E-state index in [1.165, 1.54) is 0 Å². The Bertz CT molecular complexity index is 499. The first-order chi connectivity index (χ1) is 10.3. The van der Waals surface area contributed by atoms with E-state index in [0.717, 1.165) is 31.7 Å². The van der Waals surface area contributed by atoms with Crippen LogP contribution in [-0.4, -0.2) is 53.2 Å². The lowest BCUT2D eigenvalue weighted by Crippen LogP contribution is -2.55. The standard InChI is InChI=1S/C16H27N5O/c1-16(2,3)14(17)15(22)20(4)12-7-6-10-21(11-12)13-8-5-9-18-19-13/h5,8-9,12,14H,6-7,10-11,17H2,1-4H3/t12?,14-/m1/s1. The second kappa shape index (κ2) is 6.60. The van der Waals surface area contributed by atoms with Crippen molar-refractivity contribution in [3.63, 3.8) is 0 Å². The van der Waals surface area contributed by atoms with Crippen LogP contribution < -0.4 is 10.6 Å². The summed E-state index contributed by atoms with van der Waals surface area (Å²) in [4.78, 5) is 16.6. The first kappa shape index (κ1) is 16.7. The van der Waals surface area contributed by atoms with Gasteiger partial charge >= 0.3 is 0 Å². The van der Waals surface area contributed by atoms with E-state index in [0.29, 0.717) is 0 Å². The van der Waals surface area contributed by atoms with Crippen LogP contribution in [0.25, 0.3) is 0 Å². The van der Waals surface area contributed by atoms with E-state index in [4.69, 9.17) is 5.73 Å². The molecule has 0 bridgehead atoms. The predicted molar refractivity (Wildman–Crippen MR) is 87.5 cm³/mol. The third-order valence-electron chi connectivity index (χ3n) is 4.37. The zero-order valence-corrected chi connectivity index (χ0v) is 14.0. The topological polar surface area (TPSA) is 75.3 Å². The molecule has 0 radical (unpaired) electrons. The van der Waals surface area contributed by atoms with Gasteiger partial charge in [0, 0.05) is 32.4 Å². The summed E-state index contributed by atoms with van der Waals surface area (Å²) in [7, 11) is 1.86. The van der Waals surface area contributed by atoms with E-state index >= 15 is 0 Å². The van der Waals surface area contributed by atoms with Crippen LogP contribution in [0, 0.1) is 5.41 Å². The van der Waals surface area contributed by atoms with Crippen LogP contribution >= 0.6 is 0 Å². The minimum absolute atomic E-state index is 0.0125. The lowest BCUT2D eigenvalue weighted by Gasteiger charge is -2.40. The maximum Gasteiger partial charge on any atom is 0.240 e. The minimum atomic E-state index is -0.482. The highest BCUT2D eigenvalue weighted by Gasteiger charge is 2.34. The van der Waals surface area contributed by atoms with Gasteiger partial charge in [-0.3, -0.25) is 4.79 Å². The van der Waals surface area contributed by atoms with Gasteiger partial charge in [0.25, 0.3) is 0 Å². The number of piperidine rings is 1. The molecule has 1 fully saturated rings. The van der Waals surface area contributed by atoms with Gasteiger partial charge in [0.05, 0.1) is 6.04 Å². The van der Waals surface area contributed by atoms with Gasteiger partial charge in [-0.25, -0.2) is 0 Å². The van der Waals surface area contributed by atoms with E-state index in [-0.39, 0.29) is 17.4 Å². The Kier molecular flexibility index (Phi) is 5.01. The summed E-state index contributed by atoms with van der Waals surface area (Å²) >= 11 is 0. The van der Waals surface area contributed by atoms with Crippen LogP contribution in [0.4, 0.5) is 5.82 Å². The van der Waals surface area contributed by atoms with Crippen LogP contribution in [0.3, 0.4) is 0 Å². The lowest BCUT2D eigenvalue weighted by atomic mass is 9.86. The van der Waals surface area contributed by atoms with Gasteiger partial charge in [0.1, 0.15) is 0 Å². The van der Waals surface area contributed by atoms with Crippen LogP contribution in [0.15, 0.2) is 18.3 Å². The molecule has 122 valence electrons. The van der Waals surface area contributed by atoms with Gasteiger partial charge in [-0.05, 0) is 30.4 Å². The molecular formula is C16H27N5O. The summed E-state index contributed by atoms with van der Waals surface area (Å²) in [6.07, 6.45) is 3.70. The van der Waals surface area contributed by atoms with Gasteiger partial charge in [-0.2, -0.15) is 5.10 Å². The monoisotopic (exact) mass is 305 g/mol. The molecule has 1 aromatic heterocycles. The first-order valence-electron chi connectivity index (χ1n) is 7.85. The molecule has 2 N–H and O–H groups in total. The number of hydrogen-bond acceptors (Lipinski definition) is 5. The van der Waals surface area contributed by atoms with E-state index in [1.807, 2.05) is 44.9 Å². The van der Waals surface area contributed by atoms with E-state index in [2.05, 4.69) is 15.1 Å². The van der Waals surface area contributed by atoms with Crippen molar-refractivity contribution in [3.8, 4) is 0 Å². The Morgan fingerprint density at radius 3 is 2.82 bits per heavy atom. The van der Waals surface area contributed by atoms with Crippen molar-refractivity contribution in [1.82, 2.24) is 15.1 Å². The van der Waals surface area contributed by atoms with Crippen LogP contribution in [0.5, 0.6) is 0 Å². The molecule has 0 aromatic carbocycles. The molecule has 1 aliphatic rings. The number of hydrogen-bond donors (Lipinski definition) is 1. The zero-order chi connectivity index (χ0) is 16.3. The second-order valence-corrected chi connectivity index (χ2v) is 7.12. The Labute approximate surface area is 132 Å². The van der Waals surface area contributed by atoms with E-state index < -0.39 is 6.04 Å². The number of carbonyl (C=O) groups excluding carboxylic acids is 1. The summed E-state index contributed by atoms with van der Waals surface area (Å²) in [6.45, 7) is 7.71. The van der Waals surface area contributed by atoms with Crippen molar-refractivity contribution < 1.29 is 4.79 Å². The highest BCUT2D eigenvalue weighted by Crippen LogP contribution is 2.23. The summed E-state index contributed by atoms with van der Waals surface area (Å²) in [6, 6.07) is 3.52. The van der Waals surface area contributed by atoms with Crippen molar-refractivity contribution in [1.29, 1.82) is 0 Å². The fourth-order valence-corrected chi connectivity index (χ4v) is 2.71. The highest BCUT2D eigenvalue weighted by atomic mass is 16.2. The third-order valence-corrected chi connectivity index (χ3v) is 4.37. The van der Waals surface area contributed by atoms with Gasteiger partial charge in [0.15, 0.2) is 5.82 Å².